The minimum atomic E-state index is -0.971. The Morgan fingerprint density at radius 2 is 1.73 bits per heavy atom. The number of nitrogens with zero attached hydrogens (tertiary/aromatic N) is 2. The summed E-state index contributed by atoms with van der Waals surface area (Å²) in [6, 6.07) is 16.2. The topological polar surface area (TPSA) is 109 Å². The lowest BCUT2D eigenvalue weighted by atomic mass is 9.98. The molecule has 1 aliphatic carbocycles. The number of rotatable bonds is 8. The van der Waals surface area contributed by atoms with Crippen molar-refractivity contribution in [2.75, 3.05) is 20.2 Å². The van der Waals surface area contributed by atoms with Crippen LogP contribution >= 0.6 is 11.3 Å². The number of thiazole rings is 1. The van der Waals surface area contributed by atoms with Crippen LogP contribution in [0.2, 0.25) is 0 Å². The average molecular weight is 466 g/mol. The van der Waals surface area contributed by atoms with E-state index in [1.165, 1.54) is 23.3 Å². The average Bonchev–Trinajstić information content (AvgIpc) is 3.42. The smallest absolute Gasteiger partial charge is 0.407 e. The van der Waals surface area contributed by atoms with Crippen LogP contribution in [0.25, 0.3) is 11.1 Å². The minimum Gasteiger partial charge on any atom is -0.481 e. The lowest BCUT2D eigenvalue weighted by Crippen LogP contribution is -2.29. The van der Waals surface area contributed by atoms with Gasteiger partial charge in [0.2, 0.25) is 0 Å². The van der Waals surface area contributed by atoms with Crippen molar-refractivity contribution in [2.24, 2.45) is 0 Å². The van der Waals surface area contributed by atoms with Crippen molar-refractivity contribution in [2.45, 2.75) is 18.9 Å². The summed E-state index contributed by atoms with van der Waals surface area (Å²) in [7, 11) is 1.53. The van der Waals surface area contributed by atoms with Gasteiger partial charge in [0.15, 0.2) is 0 Å². The zero-order chi connectivity index (χ0) is 23.4. The van der Waals surface area contributed by atoms with Crippen molar-refractivity contribution in [1.29, 1.82) is 0 Å². The fraction of sp³-hybridized carbons (Fsp3) is 0.250. The van der Waals surface area contributed by atoms with Gasteiger partial charge in [0.1, 0.15) is 17.3 Å². The highest BCUT2D eigenvalue weighted by molar-refractivity contribution is 7.09. The van der Waals surface area contributed by atoms with Gasteiger partial charge in [-0.2, -0.15) is 0 Å². The lowest BCUT2D eigenvalue weighted by molar-refractivity contribution is -0.137. The quantitative estimate of drug-likeness (QED) is 0.525. The van der Waals surface area contributed by atoms with E-state index in [4.69, 9.17) is 9.84 Å². The zero-order valence-electron chi connectivity index (χ0n) is 18.0. The molecule has 4 rings (SSSR count). The van der Waals surface area contributed by atoms with Gasteiger partial charge in [-0.25, -0.2) is 9.78 Å². The number of hydrogen-bond acceptors (Lipinski definition) is 6. The van der Waals surface area contributed by atoms with Gasteiger partial charge in [-0.3, -0.25) is 9.59 Å². The molecule has 0 fully saturated rings. The molecule has 3 aromatic rings. The highest BCUT2D eigenvalue weighted by atomic mass is 32.1. The number of alkyl carbamates (subject to hydrolysis) is 1. The zero-order valence-corrected chi connectivity index (χ0v) is 18.8. The Morgan fingerprint density at radius 1 is 1.09 bits per heavy atom. The monoisotopic (exact) mass is 465 g/mol. The molecule has 170 valence electrons. The fourth-order valence-corrected chi connectivity index (χ4v) is 4.56. The molecule has 8 nitrogen and oxygen atoms in total. The molecule has 0 unspecified atom stereocenters. The first-order chi connectivity index (χ1) is 15.9. The second-order valence-electron chi connectivity index (χ2n) is 7.68. The van der Waals surface area contributed by atoms with E-state index in [9.17, 15) is 14.4 Å². The number of nitrogens with one attached hydrogen (secondary N) is 1. The summed E-state index contributed by atoms with van der Waals surface area (Å²) < 4.78 is 5.50. The molecule has 0 saturated heterocycles. The van der Waals surface area contributed by atoms with E-state index in [-0.39, 0.29) is 43.6 Å². The van der Waals surface area contributed by atoms with Crippen molar-refractivity contribution in [3.8, 4) is 11.1 Å². The molecule has 0 atom stereocenters. The number of carbonyl (C=O) groups is 3. The molecule has 33 heavy (non-hydrogen) atoms. The van der Waals surface area contributed by atoms with E-state index in [0.29, 0.717) is 5.01 Å². The van der Waals surface area contributed by atoms with E-state index in [0.717, 1.165) is 22.3 Å². The molecular weight excluding hydrogens is 442 g/mol. The molecule has 1 aromatic heterocycles. The Hall–Kier alpha value is -3.72. The number of hydrogen-bond donors (Lipinski definition) is 2. The molecule has 2 amide bonds. The predicted molar refractivity (Wildman–Crippen MR) is 123 cm³/mol. The third-order valence-corrected chi connectivity index (χ3v) is 6.36. The number of fused-ring (bicyclic) bond motifs is 3. The predicted octanol–water partition coefficient (Wildman–Crippen LogP) is 3.73. The number of carboxylic acid groups (broad SMARTS) is 1. The second-order valence-corrected chi connectivity index (χ2v) is 8.62. The molecule has 0 aliphatic heterocycles. The summed E-state index contributed by atoms with van der Waals surface area (Å²) in [6.07, 6.45) is -0.693. The maximum absolute atomic E-state index is 12.3. The van der Waals surface area contributed by atoms with Gasteiger partial charge in [0, 0.05) is 24.9 Å². The highest BCUT2D eigenvalue weighted by Crippen LogP contribution is 2.44. The Morgan fingerprint density at radius 3 is 2.36 bits per heavy atom. The Balaban J connectivity index is 1.30. The molecule has 0 spiro atoms. The summed E-state index contributed by atoms with van der Waals surface area (Å²) in [4.78, 5) is 40.9. The molecule has 1 aliphatic rings. The van der Waals surface area contributed by atoms with Gasteiger partial charge in [0.25, 0.3) is 5.91 Å². The normalized spacial score (nSPS) is 12.0. The van der Waals surface area contributed by atoms with E-state index in [1.54, 1.807) is 5.38 Å². The number of carbonyl (C=O) groups excluding carboxylic acids is 2. The molecule has 9 heteroatoms. The Kier molecular flexibility index (Phi) is 6.69. The van der Waals surface area contributed by atoms with Crippen LogP contribution in [0.1, 0.15) is 39.0 Å². The number of carboxylic acids is 1. The Labute approximate surface area is 194 Å². The van der Waals surface area contributed by atoms with Gasteiger partial charge in [0.05, 0.1) is 13.0 Å². The van der Waals surface area contributed by atoms with E-state index in [1.807, 2.05) is 24.3 Å². The van der Waals surface area contributed by atoms with Crippen molar-refractivity contribution >= 4 is 29.3 Å². The SMILES string of the molecule is CN(CCC(=O)O)C(=O)c1csc(CNC(=O)OCC2c3ccccc3-c3ccccc32)n1. The summed E-state index contributed by atoms with van der Waals surface area (Å²) in [5, 5.41) is 13.6. The van der Waals surface area contributed by atoms with Crippen molar-refractivity contribution in [3.63, 3.8) is 0 Å². The summed E-state index contributed by atoms with van der Waals surface area (Å²) in [5.74, 6) is -1.35. The minimum absolute atomic E-state index is 0.0198. The van der Waals surface area contributed by atoms with Crippen LogP contribution in [0.15, 0.2) is 53.9 Å². The van der Waals surface area contributed by atoms with Crippen LogP contribution in [0.3, 0.4) is 0 Å². The Bertz CT molecular complexity index is 1150. The third kappa shape index (κ3) is 5.04. The lowest BCUT2D eigenvalue weighted by Gasteiger charge is -2.14. The van der Waals surface area contributed by atoms with Gasteiger partial charge < -0.3 is 20.1 Å². The summed E-state index contributed by atoms with van der Waals surface area (Å²) >= 11 is 1.24. The first kappa shape index (κ1) is 22.5. The number of amides is 2. The van der Waals surface area contributed by atoms with Crippen molar-refractivity contribution < 1.29 is 24.2 Å². The largest absolute Gasteiger partial charge is 0.481 e. The van der Waals surface area contributed by atoms with E-state index < -0.39 is 12.1 Å². The molecule has 2 aromatic carbocycles. The van der Waals surface area contributed by atoms with Gasteiger partial charge >= 0.3 is 12.1 Å². The molecule has 0 bridgehead atoms. The first-order valence-corrected chi connectivity index (χ1v) is 11.3. The van der Waals surface area contributed by atoms with Crippen molar-refractivity contribution in [1.82, 2.24) is 15.2 Å². The number of aliphatic carboxylic acids is 1. The third-order valence-electron chi connectivity index (χ3n) is 5.51. The second kappa shape index (κ2) is 9.83. The maximum atomic E-state index is 12.3. The van der Waals surface area contributed by atoms with Crippen molar-refractivity contribution in [3.05, 3.63) is 75.7 Å². The number of benzene rings is 2. The number of ether oxygens (including phenoxy) is 1. The summed E-state index contributed by atoms with van der Waals surface area (Å²) in [6.45, 7) is 0.447. The molecule has 0 radical (unpaired) electrons. The van der Waals surface area contributed by atoms with Crippen LogP contribution in [0.4, 0.5) is 4.79 Å². The van der Waals surface area contributed by atoms with Crippen LogP contribution in [-0.4, -0.2) is 53.2 Å². The first-order valence-electron chi connectivity index (χ1n) is 10.4. The molecule has 2 N–H and O–H groups in total. The van der Waals surface area contributed by atoms with Crippen LogP contribution < -0.4 is 5.32 Å². The van der Waals surface area contributed by atoms with E-state index in [2.05, 4.69) is 34.6 Å². The highest BCUT2D eigenvalue weighted by Gasteiger charge is 2.29. The standard InChI is InChI=1S/C24H23N3O5S/c1-27(11-10-22(28)29)23(30)20-14-33-21(26-20)12-25-24(31)32-13-19-17-8-4-2-6-15(17)16-7-3-5-9-18(16)19/h2-9,14,19H,10-13H2,1H3,(H,25,31)(H,28,29). The van der Waals surface area contributed by atoms with Gasteiger partial charge in [-0.15, -0.1) is 11.3 Å². The van der Waals surface area contributed by atoms with Gasteiger partial charge in [-0.1, -0.05) is 48.5 Å². The maximum Gasteiger partial charge on any atom is 0.407 e. The molecular formula is C24H23N3O5S. The molecule has 1 heterocycles. The molecule has 0 saturated carbocycles. The van der Waals surface area contributed by atoms with Crippen LogP contribution in [0, 0.1) is 0 Å². The van der Waals surface area contributed by atoms with Crippen LogP contribution in [0.5, 0.6) is 0 Å². The fourth-order valence-electron chi connectivity index (χ4n) is 3.85. The van der Waals surface area contributed by atoms with E-state index >= 15 is 0 Å². The van der Waals surface area contributed by atoms with Gasteiger partial charge in [-0.05, 0) is 22.3 Å². The summed E-state index contributed by atoms with van der Waals surface area (Å²) in [5.41, 5.74) is 4.83. The number of aromatic nitrogens is 1. The van der Waals surface area contributed by atoms with Crippen LogP contribution in [-0.2, 0) is 16.1 Å².